The molecule has 26 heavy (non-hydrogen) atoms. The third-order valence-electron chi connectivity index (χ3n) is 4.66. The van der Waals surface area contributed by atoms with Crippen molar-refractivity contribution in [3.63, 3.8) is 0 Å². The first-order valence-electron chi connectivity index (χ1n) is 8.48. The largest absolute Gasteiger partial charge is 0.480 e. The number of carbonyl (C=O) groups is 2. The Morgan fingerprint density at radius 2 is 2.08 bits per heavy atom. The fraction of sp³-hybridized carbons (Fsp3) is 0.333. The van der Waals surface area contributed by atoms with E-state index in [0.717, 1.165) is 24.0 Å². The van der Waals surface area contributed by atoms with Gasteiger partial charge in [-0.3, -0.25) is 4.79 Å². The van der Waals surface area contributed by atoms with Crippen LogP contribution in [0.1, 0.15) is 29.9 Å². The number of aliphatic carboxylic acids is 1. The van der Waals surface area contributed by atoms with Crippen LogP contribution in [0.25, 0.3) is 5.57 Å². The SMILES string of the molecule is O=C(N[C@@H](CB(O)O)C(=O)O)OCC1C2=C(CCC=C2)c2ccccc21. The maximum atomic E-state index is 12.0. The summed E-state index contributed by atoms with van der Waals surface area (Å²) in [6.07, 6.45) is 4.67. The van der Waals surface area contributed by atoms with E-state index >= 15 is 0 Å². The summed E-state index contributed by atoms with van der Waals surface area (Å²) in [5.74, 6) is -1.45. The molecule has 7 nitrogen and oxygen atoms in total. The molecule has 8 heteroatoms. The summed E-state index contributed by atoms with van der Waals surface area (Å²) in [6.45, 7) is 0.0834. The second kappa shape index (κ2) is 7.76. The summed E-state index contributed by atoms with van der Waals surface area (Å²) < 4.78 is 5.25. The molecule has 2 aliphatic carbocycles. The second-order valence-corrected chi connectivity index (χ2v) is 6.36. The Kier molecular flexibility index (Phi) is 5.44. The van der Waals surface area contributed by atoms with Gasteiger partial charge in [0.15, 0.2) is 0 Å². The lowest BCUT2D eigenvalue weighted by Crippen LogP contribution is -2.43. The molecule has 0 heterocycles. The first-order valence-corrected chi connectivity index (χ1v) is 8.48. The van der Waals surface area contributed by atoms with E-state index in [1.54, 1.807) is 0 Å². The summed E-state index contributed by atoms with van der Waals surface area (Å²) in [4.78, 5) is 23.0. The predicted molar refractivity (Wildman–Crippen MR) is 95.4 cm³/mol. The minimum Gasteiger partial charge on any atom is -0.480 e. The number of benzene rings is 1. The van der Waals surface area contributed by atoms with Crippen molar-refractivity contribution < 1.29 is 29.5 Å². The number of carboxylic acid groups (broad SMARTS) is 1. The van der Waals surface area contributed by atoms with Gasteiger partial charge in [0.2, 0.25) is 0 Å². The van der Waals surface area contributed by atoms with Gasteiger partial charge in [-0.1, -0.05) is 36.4 Å². The molecule has 1 aromatic carbocycles. The van der Waals surface area contributed by atoms with Crippen molar-refractivity contribution in [2.75, 3.05) is 6.61 Å². The molecule has 0 bridgehead atoms. The van der Waals surface area contributed by atoms with Gasteiger partial charge < -0.3 is 25.2 Å². The number of amides is 1. The monoisotopic (exact) mass is 357 g/mol. The molecule has 0 radical (unpaired) electrons. The first kappa shape index (κ1) is 18.2. The Hall–Kier alpha value is -2.58. The van der Waals surface area contributed by atoms with Crippen molar-refractivity contribution >= 4 is 24.8 Å². The topological polar surface area (TPSA) is 116 Å². The van der Waals surface area contributed by atoms with E-state index in [2.05, 4.69) is 23.5 Å². The maximum Gasteiger partial charge on any atom is 0.454 e. The lowest BCUT2D eigenvalue weighted by Gasteiger charge is -2.18. The fourth-order valence-corrected chi connectivity index (χ4v) is 3.50. The number of fused-ring (bicyclic) bond motifs is 2. The molecule has 0 saturated carbocycles. The molecule has 4 N–H and O–H groups in total. The van der Waals surface area contributed by atoms with Crippen LogP contribution < -0.4 is 5.32 Å². The molecule has 0 aliphatic heterocycles. The quantitative estimate of drug-likeness (QED) is 0.574. The summed E-state index contributed by atoms with van der Waals surface area (Å²) in [7, 11) is -1.84. The minimum atomic E-state index is -1.84. The third-order valence-corrected chi connectivity index (χ3v) is 4.66. The molecular weight excluding hydrogens is 337 g/mol. The summed E-state index contributed by atoms with van der Waals surface area (Å²) in [5, 5.41) is 29.0. The Balaban J connectivity index is 1.67. The van der Waals surface area contributed by atoms with E-state index in [1.165, 1.54) is 11.1 Å². The van der Waals surface area contributed by atoms with E-state index in [0.29, 0.717) is 0 Å². The minimum absolute atomic E-state index is 0.0834. The zero-order valence-corrected chi connectivity index (χ0v) is 14.1. The van der Waals surface area contributed by atoms with Gasteiger partial charge in [0.25, 0.3) is 0 Å². The molecule has 0 aromatic heterocycles. The van der Waals surface area contributed by atoms with E-state index in [-0.39, 0.29) is 12.5 Å². The number of rotatable bonds is 6. The zero-order valence-electron chi connectivity index (χ0n) is 14.1. The van der Waals surface area contributed by atoms with Crippen LogP contribution >= 0.6 is 0 Å². The highest BCUT2D eigenvalue weighted by Gasteiger charge is 2.32. The molecule has 0 saturated heterocycles. The number of nitrogens with one attached hydrogen (secondary N) is 1. The standard InChI is InChI=1S/C18H20BNO6/c21-17(22)16(9-19(24)25)20-18(23)26-10-15-13-7-3-1-5-11(13)12-6-2-4-8-14(12)15/h1,3-5,7-8,15-16,24-25H,2,6,9-10H2,(H,20,23)(H,21,22)/t15?,16-/m0/s1. The van der Waals surface area contributed by atoms with Crippen molar-refractivity contribution in [3.05, 3.63) is 53.1 Å². The van der Waals surface area contributed by atoms with E-state index in [9.17, 15) is 9.59 Å². The van der Waals surface area contributed by atoms with Gasteiger partial charge in [-0.15, -0.1) is 0 Å². The van der Waals surface area contributed by atoms with Crippen LogP contribution in [-0.2, 0) is 9.53 Å². The summed E-state index contributed by atoms with van der Waals surface area (Å²) in [5.41, 5.74) is 4.67. The first-order chi connectivity index (χ1) is 12.5. The number of carbonyl (C=O) groups excluding carboxylic acids is 1. The average molecular weight is 357 g/mol. The smallest absolute Gasteiger partial charge is 0.454 e. The van der Waals surface area contributed by atoms with Gasteiger partial charge in [0, 0.05) is 12.2 Å². The summed E-state index contributed by atoms with van der Waals surface area (Å²) >= 11 is 0. The van der Waals surface area contributed by atoms with Gasteiger partial charge >= 0.3 is 19.2 Å². The Morgan fingerprint density at radius 3 is 2.81 bits per heavy atom. The molecule has 136 valence electrons. The lowest BCUT2D eigenvalue weighted by atomic mass is 9.82. The van der Waals surface area contributed by atoms with Crippen molar-refractivity contribution in [2.45, 2.75) is 31.1 Å². The third kappa shape index (κ3) is 3.81. The van der Waals surface area contributed by atoms with E-state index < -0.39 is 31.5 Å². The predicted octanol–water partition coefficient (Wildman–Crippen LogP) is 1.54. The van der Waals surface area contributed by atoms with Crippen LogP contribution in [0, 0.1) is 0 Å². The molecule has 1 unspecified atom stereocenters. The van der Waals surface area contributed by atoms with Crippen LogP contribution in [0.2, 0.25) is 6.32 Å². The fourth-order valence-electron chi connectivity index (χ4n) is 3.50. The normalized spacial score (nSPS) is 18.8. The van der Waals surface area contributed by atoms with E-state index in [1.807, 2.05) is 18.2 Å². The maximum absolute atomic E-state index is 12.0. The summed E-state index contributed by atoms with van der Waals surface area (Å²) in [6, 6.07) is 6.57. The van der Waals surface area contributed by atoms with Crippen LogP contribution in [0.5, 0.6) is 0 Å². The molecule has 0 fully saturated rings. The molecule has 1 aromatic rings. The van der Waals surface area contributed by atoms with Gasteiger partial charge in [-0.05, 0) is 35.1 Å². The van der Waals surface area contributed by atoms with Gasteiger partial charge in [0.05, 0.1) is 0 Å². The van der Waals surface area contributed by atoms with Crippen LogP contribution in [0.4, 0.5) is 4.79 Å². The van der Waals surface area contributed by atoms with Crippen LogP contribution in [-0.4, -0.2) is 47.0 Å². The molecule has 0 spiro atoms. The molecule has 2 atom stereocenters. The Labute approximate surface area is 151 Å². The van der Waals surface area contributed by atoms with Crippen molar-refractivity contribution in [3.8, 4) is 0 Å². The van der Waals surface area contributed by atoms with E-state index in [4.69, 9.17) is 19.9 Å². The number of ether oxygens (including phenoxy) is 1. The number of hydrogen-bond acceptors (Lipinski definition) is 5. The van der Waals surface area contributed by atoms with Gasteiger partial charge in [-0.2, -0.15) is 0 Å². The number of carboxylic acids is 1. The number of alkyl carbamates (subject to hydrolysis) is 1. The van der Waals surface area contributed by atoms with Crippen molar-refractivity contribution in [1.82, 2.24) is 5.32 Å². The zero-order chi connectivity index (χ0) is 18.7. The van der Waals surface area contributed by atoms with Crippen molar-refractivity contribution in [1.29, 1.82) is 0 Å². The van der Waals surface area contributed by atoms with Gasteiger partial charge in [-0.25, -0.2) is 4.79 Å². The number of allylic oxidation sites excluding steroid dienone is 3. The molecule has 3 rings (SSSR count). The highest BCUT2D eigenvalue weighted by atomic mass is 16.5. The van der Waals surface area contributed by atoms with Crippen LogP contribution in [0.3, 0.4) is 0 Å². The number of hydrogen-bond donors (Lipinski definition) is 4. The molecule has 2 aliphatic rings. The highest BCUT2D eigenvalue weighted by molar-refractivity contribution is 6.41. The molecular formula is C18H20BNO6. The van der Waals surface area contributed by atoms with Crippen molar-refractivity contribution in [2.24, 2.45) is 0 Å². The Bertz CT molecular complexity index is 773. The average Bonchev–Trinajstić information content (AvgIpc) is 2.93. The van der Waals surface area contributed by atoms with Gasteiger partial charge in [0.1, 0.15) is 12.6 Å². The second-order valence-electron chi connectivity index (χ2n) is 6.36. The Morgan fingerprint density at radius 1 is 1.31 bits per heavy atom. The van der Waals surface area contributed by atoms with Crippen LogP contribution in [0.15, 0.2) is 42.0 Å². The molecule has 1 amide bonds. The lowest BCUT2D eigenvalue weighted by molar-refractivity contribution is -0.139. The highest BCUT2D eigenvalue weighted by Crippen LogP contribution is 2.46.